The van der Waals surface area contributed by atoms with Gasteiger partial charge in [0.25, 0.3) is 0 Å². The number of piperidine rings is 1. The molecular formula is C9H19N. The third-order valence-electron chi connectivity index (χ3n) is 2.61. The van der Waals surface area contributed by atoms with E-state index in [4.69, 9.17) is 0 Å². The van der Waals surface area contributed by atoms with E-state index in [0.717, 1.165) is 17.9 Å². The molecule has 1 nitrogen and oxygen atoms in total. The average Bonchev–Trinajstić information content (AvgIpc) is 1.88. The Morgan fingerprint density at radius 1 is 1.40 bits per heavy atom. The molecule has 0 spiro atoms. The second-order valence-electron chi connectivity index (χ2n) is 3.88. The summed E-state index contributed by atoms with van der Waals surface area (Å²) in [5.41, 5.74) is 0. The highest BCUT2D eigenvalue weighted by Gasteiger charge is 2.20. The summed E-state index contributed by atoms with van der Waals surface area (Å²) in [4.78, 5) is 0. The van der Waals surface area contributed by atoms with Crippen molar-refractivity contribution in [3.8, 4) is 0 Å². The summed E-state index contributed by atoms with van der Waals surface area (Å²) in [5, 5.41) is 3.47. The molecule has 1 aliphatic heterocycles. The van der Waals surface area contributed by atoms with Crippen LogP contribution < -0.4 is 5.32 Å². The second-order valence-corrected chi connectivity index (χ2v) is 3.88. The Hall–Kier alpha value is -0.0400. The van der Waals surface area contributed by atoms with Gasteiger partial charge in [0.15, 0.2) is 0 Å². The highest BCUT2D eigenvalue weighted by atomic mass is 14.9. The average molecular weight is 141 g/mol. The Balaban J connectivity index is 2.32. The predicted octanol–water partition coefficient (Wildman–Crippen LogP) is 2.03. The molecule has 1 aliphatic rings. The first-order valence-electron chi connectivity index (χ1n) is 4.43. The van der Waals surface area contributed by atoms with Gasteiger partial charge in [-0.15, -0.1) is 0 Å². The maximum atomic E-state index is 3.47. The maximum absolute atomic E-state index is 3.47. The van der Waals surface area contributed by atoms with Crippen molar-refractivity contribution in [1.82, 2.24) is 5.32 Å². The molecule has 2 unspecified atom stereocenters. The molecule has 1 saturated heterocycles. The van der Waals surface area contributed by atoms with E-state index in [9.17, 15) is 0 Å². The molecule has 1 N–H and O–H groups in total. The van der Waals surface area contributed by atoms with Crippen molar-refractivity contribution in [1.29, 1.82) is 0 Å². The van der Waals surface area contributed by atoms with E-state index in [2.05, 4.69) is 26.1 Å². The van der Waals surface area contributed by atoms with E-state index in [1.165, 1.54) is 19.4 Å². The fourth-order valence-electron chi connectivity index (χ4n) is 1.78. The number of hydrogen-bond acceptors (Lipinski definition) is 1. The first kappa shape index (κ1) is 8.06. The minimum atomic E-state index is 0.751. The van der Waals surface area contributed by atoms with Crippen LogP contribution in [0.3, 0.4) is 0 Å². The van der Waals surface area contributed by atoms with Gasteiger partial charge in [-0.1, -0.05) is 13.8 Å². The van der Waals surface area contributed by atoms with Gasteiger partial charge in [-0.25, -0.2) is 0 Å². The van der Waals surface area contributed by atoms with Crippen LogP contribution in [0.15, 0.2) is 0 Å². The molecule has 60 valence electrons. The van der Waals surface area contributed by atoms with Crippen molar-refractivity contribution in [2.75, 3.05) is 6.54 Å². The van der Waals surface area contributed by atoms with Gasteiger partial charge in [-0.05, 0) is 38.1 Å². The van der Waals surface area contributed by atoms with Crippen LogP contribution in [0, 0.1) is 11.8 Å². The van der Waals surface area contributed by atoms with Crippen LogP contribution in [-0.2, 0) is 0 Å². The molecule has 0 bridgehead atoms. The first-order chi connectivity index (χ1) is 4.70. The molecule has 0 amide bonds. The van der Waals surface area contributed by atoms with Crippen molar-refractivity contribution >= 4 is 0 Å². The van der Waals surface area contributed by atoms with Crippen LogP contribution in [0.2, 0.25) is 0 Å². The predicted molar refractivity (Wildman–Crippen MR) is 45.0 cm³/mol. The summed E-state index contributed by atoms with van der Waals surface area (Å²) < 4.78 is 0. The van der Waals surface area contributed by atoms with Crippen LogP contribution in [0.5, 0.6) is 0 Å². The Bertz CT molecular complexity index is 98.9. The minimum Gasteiger partial charge on any atom is -0.314 e. The maximum Gasteiger partial charge on any atom is 0.00414 e. The zero-order valence-corrected chi connectivity index (χ0v) is 7.35. The van der Waals surface area contributed by atoms with E-state index in [-0.39, 0.29) is 0 Å². The van der Waals surface area contributed by atoms with Crippen molar-refractivity contribution in [2.45, 2.75) is 39.7 Å². The lowest BCUT2D eigenvalue weighted by Crippen LogP contribution is -2.37. The molecular weight excluding hydrogens is 122 g/mol. The van der Waals surface area contributed by atoms with E-state index in [1.54, 1.807) is 0 Å². The zero-order valence-electron chi connectivity index (χ0n) is 7.35. The van der Waals surface area contributed by atoms with Crippen molar-refractivity contribution in [3.63, 3.8) is 0 Å². The lowest BCUT2D eigenvalue weighted by atomic mass is 9.84. The van der Waals surface area contributed by atoms with Gasteiger partial charge in [0.2, 0.25) is 0 Å². The molecule has 0 aromatic carbocycles. The number of hydrogen-bond donors (Lipinski definition) is 1. The normalized spacial score (nSPS) is 34.8. The molecule has 1 heterocycles. The summed E-state index contributed by atoms with van der Waals surface area (Å²) in [7, 11) is 0. The molecule has 0 aliphatic carbocycles. The van der Waals surface area contributed by atoms with Crippen LogP contribution >= 0.6 is 0 Å². The minimum absolute atomic E-state index is 0.751. The summed E-state index contributed by atoms with van der Waals surface area (Å²) >= 11 is 0. The van der Waals surface area contributed by atoms with E-state index >= 15 is 0 Å². The van der Waals surface area contributed by atoms with Crippen molar-refractivity contribution in [3.05, 3.63) is 0 Å². The van der Waals surface area contributed by atoms with Crippen molar-refractivity contribution in [2.24, 2.45) is 11.8 Å². The molecule has 0 saturated carbocycles. The number of nitrogens with one attached hydrogen (secondary N) is 1. The first-order valence-corrected chi connectivity index (χ1v) is 4.43. The highest BCUT2D eigenvalue weighted by molar-refractivity contribution is 4.76. The molecule has 10 heavy (non-hydrogen) atoms. The Kier molecular flexibility index (Phi) is 2.72. The third kappa shape index (κ3) is 1.98. The van der Waals surface area contributed by atoms with Crippen LogP contribution in [-0.4, -0.2) is 12.6 Å². The quantitative estimate of drug-likeness (QED) is 0.589. The summed E-state index contributed by atoms with van der Waals surface area (Å²) in [6.07, 6.45) is 2.75. The standard InChI is InChI=1S/C9H19N/c1-7(2)9-4-5-10-8(3)6-9/h7-10H,4-6H2,1-3H3. The molecule has 1 fully saturated rings. The smallest absolute Gasteiger partial charge is 0.00414 e. The van der Waals surface area contributed by atoms with Gasteiger partial charge in [-0.2, -0.15) is 0 Å². The van der Waals surface area contributed by atoms with E-state index in [0.29, 0.717) is 0 Å². The van der Waals surface area contributed by atoms with Gasteiger partial charge < -0.3 is 5.32 Å². The summed E-state index contributed by atoms with van der Waals surface area (Å²) in [6.45, 7) is 8.18. The van der Waals surface area contributed by atoms with E-state index < -0.39 is 0 Å². The van der Waals surface area contributed by atoms with Gasteiger partial charge >= 0.3 is 0 Å². The summed E-state index contributed by atoms with van der Waals surface area (Å²) in [6, 6.07) is 0.751. The Labute approximate surface area is 64.2 Å². The molecule has 1 heteroatoms. The molecule has 0 aromatic rings. The van der Waals surface area contributed by atoms with Crippen LogP contribution in [0.1, 0.15) is 33.6 Å². The zero-order chi connectivity index (χ0) is 7.56. The SMILES string of the molecule is CC1CC(C(C)C)CCN1. The van der Waals surface area contributed by atoms with Crippen molar-refractivity contribution < 1.29 is 0 Å². The Morgan fingerprint density at radius 3 is 2.50 bits per heavy atom. The molecule has 0 radical (unpaired) electrons. The largest absolute Gasteiger partial charge is 0.314 e. The van der Waals surface area contributed by atoms with Crippen LogP contribution in [0.25, 0.3) is 0 Å². The second kappa shape index (κ2) is 3.38. The lowest BCUT2D eigenvalue weighted by molar-refractivity contribution is 0.252. The topological polar surface area (TPSA) is 12.0 Å². The van der Waals surface area contributed by atoms with Crippen LogP contribution in [0.4, 0.5) is 0 Å². The monoisotopic (exact) mass is 141 g/mol. The highest BCUT2D eigenvalue weighted by Crippen LogP contribution is 2.23. The van der Waals surface area contributed by atoms with Gasteiger partial charge in [0, 0.05) is 6.04 Å². The van der Waals surface area contributed by atoms with Gasteiger partial charge in [0.1, 0.15) is 0 Å². The van der Waals surface area contributed by atoms with E-state index in [1.807, 2.05) is 0 Å². The molecule has 1 rings (SSSR count). The summed E-state index contributed by atoms with van der Waals surface area (Å²) in [5.74, 6) is 1.85. The Morgan fingerprint density at radius 2 is 2.10 bits per heavy atom. The fourth-order valence-corrected chi connectivity index (χ4v) is 1.78. The third-order valence-corrected chi connectivity index (χ3v) is 2.61. The fraction of sp³-hybridized carbons (Fsp3) is 1.00. The molecule has 2 atom stereocenters. The van der Waals surface area contributed by atoms with Gasteiger partial charge in [0.05, 0.1) is 0 Å². The lowest BCUT2D eigenvalue weighted by Gasteiger charge is -2.30. The molecule has 0 aromatic heterocycles. The number of rotatable bonds is 1. The van der Waals surface area contributed by atoms with Gasteiger partial charge in [-0.3, -0.25) is 0 Å².